The monoisotopic (exact) mass is 346 g/mol. The lowest BCUT2D eigenvalue weighted by Gasteiger charge is -2.32. The van der Waals surface area contributed by atoms with Gasteiger partial charge in [0.05, 0.1) is 0 Å². The molecule has 3 heteroatoms. The van der Waals surface area contributed by atoms with Gasteiger partial charge in [0.2, 0.25) is 5.91 Å². The number of fused-ring (bicyclic) bond motifs is 1. The predicted octanol–water partition coefficient (Wildman–Crippen LogP) is 5.07. The molecule has 0 bridgehead atoms. The summed E-state index contributed by atoms with van der Waals surface area (Å²) in [6.07, 6.45) is 4.85. The molecule has 1 atom stereocenters. The van der Waals surface area contributed by atoms with Gasteiger partial charge in [-0.1, -0.05) is 55.5 Å². The number of H-pyrrole nitrogens is 1. The molecule has 1 fully saturated rings. The summed E-state index contributed by atoms with van der Waals surface area (Å²) in [6, 6.07) is 18.8. The highest BCUT2D eigenvalue weighted by molar-refractivity contribution is 5.83. The van der Waals surface area contributed by atoms with Crippen LogP contribution in [-0.4, -0.2) is 28.9 Å². The first kappa shape index (κ1) is 16.9. The average Bonchev–Trinajstić information content (AvgIpc) is 3.13. The minimum Gasteiger partial charge on any atom is -0.361 e. The Bertz CT molecular complexity index is 875. The van der Waals surface area contributed by atoms with E-state index in [1.165, 1.54) is 22.0 Å². The van der Waals surface area contributed by atoms with Crippen molar-refractivity contribution in [2.24, 2.45) is 0 Å². The molecule has 0 aliphatic carbocycles. The molecule has 1 aliphatic heterocycles. The quantitative estimate of drug-likeness (QED) is 0.703. The van der Waals surface area contributed by atoms with Crippen LogP contribution in [0.25, 0.3) is 10.9 Å². The first-order valence-electron chi connectivity index (χ1n) is 9.61. The maximum absolute atomic E-state index is 12.7. The molecule has 1 aromatic heterocycles. The van der Waals surface area contributed by atoms with Crippen molar-refractivity contribution in [3.8, 4) is 0 Å². The van der Waals surface area contributed by atoms with Crippen molar-refractivity contribution in [1.82, 2.24) is 9.88 Å². The number of carbonyl (C=O) groups excluding carboxylic acids is 1. The molecular formula is C23H26N2O. The van der Waals surface area contributed by atoms with E-state index in [0.717, 1.165) is 25.9 Å². The van der Waals surface area contributed by atoms with Crippen LogP contribution in [-0.2, 0) is 4.79 Å². The van der Waals surface area contributed by atoms with Crippen molar-refractivity contribution in [2.45, 2.75) is 38.0 Å². The Labute approximate surface area is 155 Å². The average molecular weight is 346 g/mol. The first-order valence-corrected chi connectivity index (χ1v) is 9.61. The van der Waals surface area contributed by atoms with Crippen molar-refractivity contribution < 1.29 is 4.79 Å². The SMILES string of the molecule is CC(CC(=O)N1CCC(c2c[nH]c3ccccc23)CC1)c1ccccc1. The van der Waals surface area contributed by atoms with E-state index in [9.17, 15) is 4.79 Å². The molecule has 0 saturated carbocycles. The van der Waals surface area contributed by atoms with Crippen molar-refractivity contribution >= 4 is 16.8 Å². The third-order valence-corrected chi connectivity index (χ3v) is 5.76. The minimum absolute atomic E-state index is 0.273. The molecule has 0 spiro atoms. The van der Waals surface area contributed by atoms with Crippen LogP contribution in [0.4, 0.5) is 0 Å². The van der Waals surface area contributed by atoms with Gasteiger partial charge in [0.15, 0.2) is 0 Å². The number of likely N-dealkylation sites (tertiary alicyclic amines) is 1. The topological polar surface area (TPSA) is 36.1 Å². The molecule has 1 unspecified atom stereocenters. The van der Waals surface area contributed by atoms with Gasteiger partial charge in [0.25, 0.3) is 0 Å². The minimum atomic E-state index is 0.273. The second kappa shape index (κ2) is 7.36. The van der Waals surface area contributed by atoms with E-state index < -0.39 is 0 Å². The van der Waals surface area contributed by atoms with Crippen LogP contribution in [0, 0.1) is 0 Å². The number of para-hydroxylation sites is 1. The summed E-state index contributed by atoms with van der Waals surface area (Å²) in [5.74, 6) is 1.11. The Morgan fingerprint density at radius 2 is 1.77 bits per heavy atom. The van der Waals surface area contributed by atoms with Gasteiger partial charge in [-0.2, -0.15) is 0 Å². The van der Waals surface area contributed by atoms with Gasteiger partial charge in [-0.3, -0.25) is 4.79 Å². The maximum atomic E-state index is 12.7. The molecule has 1 saturated heterocycles. The summed E-state index contributed by atoms with van der Waals surface area (Å²) in [7, 11) is 0. The van der Waals surface area contributed by atoms with E-state index in [-0.39, 0.29) is 5.92 Å². The van der Waals surface area contributed by atoms with Crippen LogP contribution in [0.5, 0.6) is 0 Å². The maximum Gasteiger partial charge on any atom is 0.223 e. The van der Waals surface area contributed by atoms with Crippen LogP contribution in [0.1, 0.15) is 49.1 Å². The number of aromatic amines is 1. The summed E-state index contributed by atoms with van der Waals surface area (Å²) in [5.41, 5.74) is 3.86. The van der Waals surface area contributed by atoms with Crippen LogP contribution in [0.2, 0.25) is 0 Å². The highest BCUT2D eigenvalue weighted by Gasteiger charge is 2.26. The molecule has 1 aliphatic rings. The lowest BCUT2D eigenvalue weighted by molar-refractivity contribution is -0.132. The van der Waals surface area contributed by atoms with Crippen molar-refractivity contribution in [3.05, 3.63) is 71.9 Å². The van der Waals surface area contributed by atoms with Crippen molar-refractivity contribution in [3.63, 3.8) is 0 Å². The van der Waals surface area contributed by atoms with E-state index >= 15 is 0 Å². The Kier molecular flexibility index (Phi) is 4.79. The van der Waals surface area contributed by atoms with E-state index in [2.05, 4.69) is 59.4 Å². The second-order valence-electron chi connectivity index (χ2n) is 7.46. The normalized spacial score (nSPS) is 16.7. The number of rotatable bonds is 4. The Balaban J connectivity index is 1.37. The van der Waals surface area contributed by atoms with E-state index in [1.807, 2.05) is 18.2 Å². The molecule has 0 radical (unpaired) electrons. The highest BCUT2D eigenvalue weighted by atomic mass is 16.2. The van der Waals surface area contributed by atoms with Gasteiger partial charge in [-0.05, 0) is 41.9 Å². The van der Waals surface area contributed by atoms with E-state index in [4.69, 9.17) is 0 Å². The Hall–Kier alpha value is -2.55. The predicted molar refractivity (Wildman–Crippen MR) is 106 cm³/mol. The zero-order chi connectivity index (χ0) is 17.9. The van der Waals surface area contributed by atoms with Crippen LogP contribution >= 0.6 is 0 Å². The van der Waals surface area contributed by atoms with E-state index in [0.29, 0.717) is 18.2 Å². The van der Waals surface area contributed by atoms with Gasteiger partial charge in [-0.15, -0.1) is 0 Å². The largest absolute Gasteiger partial charge is 0.361 e. The number of aromatic nitrogens is 1. The Morgan fingerprint density at radius 1 is 1.08 bits per heavy atom. The molecular weight excluding hydrogens is 320 g/mol. The number of hydrogen-bond acceptors (Lipinski definition) is 1. The lowest BCUT2D eigenvalue weighted by atomic mass is 9.88. The summed E-state index contributed by atoms with van der Waals surface area (Å²) in [6.45, 7) is 3.88. The van der Waals surface area contributed by atoms with Gasteiger partial charge in [0, 0.05) is 36.6 Å². The highest BCUT2D eigenvalue weighted by Crippen LogP contribution is 2.33. The van der Waals surface area contributed by atoms with Crippen molar-refractivity contribution in [2.75, 3.05) is 13.1 Å². The van der Waals surface area contributed by atoms with Crippen molar-refractivity contribution in [1.29, 1.82) is 0 Å². The number of carbonyl (C=O) groups is 1. The molecule has 1 N–H and O–H groups in total. The third kappa shape index (κ3) is 3.39. The number of benzene rings is 2. The van der Waals surface area contributed by atoms with Crippen LogP contribution < -0.4 is 0 Å². The number of hydrogen-bond donors (Lipinski definition) is 1. The molecule has 4 rings (SSSR count). The molecule has 1 amide bonds. The molecule has 134 valence electrons. The van der Waals surface area contributed by atoms with Gasteiger partial charge < -0.3 is 9.88 Å². The molecule has 2 aromatic carbocycles. The van der Waals surface area contributed by atoms with Crippen LogP contribution in [0.15, 0.2) is 60.8 Å². The zero-order valence-corrected chi connectivity index (χ0v) is 15.3. The van der Waals surface area contributed by atoms with Crippen LogP contribution in [0.3, 0.4) is 0 Å². The van der Waals surface area contributed by atoms with Gasteiger partial charge in [0.1, 0.15) is 0 Å². The fourth-order valence-corrected chi connectivity index (χ4v) is 4.16. The number of nitrogens with zero attached hydrogens (tertiary/aromatic N) is 1. The standard InChI is InChI=1S/C23H26N2O/c1-17(18-7-3-2-4-8-18)15-23(26)25-13-11-19(12-14-25)21-16-24-22-10-6-5-9-20(21)22/h2-10,16-17,19,24H,11-15H2,1H3. The zero-order valence-electron chi connectivity index (χ0n) is 15.3. The Morgan fingerprint density at radius 3 is 2.54 bits per heavy atom. The van der Waals surface area contributed by atoms with E-state index in [1.54, 1.807) is 0 Å². The molecule has 3 aromatic rings. The fourth-order valence-electron chi connectivity index (χ4n) is 4.16. The summed E-state index contributed by atoms with van der Waals surface area (Å²) < 4.78 is 0. The number of amides is 1. The summed E-state index contributed by atoms with van der Waals surface area (Å²) in [4.78, 5) is 18.2. The molecule has 26 heavy (non-hydrogen) atoms. The second-order valence-corrected chi connectivity index (χ2v) is 7.46. The summed E-state index contributed by atoms with van der Waals surface area (Å²) >= 11 is 0. The van der Waals surface area contributed by atoms with Gasteiger partial charge in [-0.25, -0.2) is 0 Å². The summed E-state index contributed by atoms with van der Waals surface area (Å²) in [5, 5.41) is 1.33. The fraction of sp³-hybridized carbons (Fsp3) is 0.348. The molecule has 3 nitrogen and oxygen atoms in total. The third-order valence-electron chi connectivity index (χ3n) is 5.76. The number of nitrogens with one attached hydrogen (secondary N) is 1. The lowest BCUT2D eigenvalue weighted by Crippen LogP contribution is -2.38. The number of piperidine rings is 1. The smallest absolute Gasteiger partial charge is 0.223 e. The van der Waals surface area contributed by atoms with Gasteiger partial charge >= 0.3 is 0 Å². The first-order chi connectivity index (χ1) is 12.7. The molecule has 2 heterocycles.